The molecule has 0 aromatic carbocycles. The van der Waals surface area contributed by atoms with Gasteiger partial charge in [0, 0.05) is 0 Å². The molecule has 0 rings (SSSR count). The molecular formula is C4F12O2Si. The predicted octanol–water partition coefficient (Wildman–Crippen LogP) is 3.70. The van der Waals surface area contributed by atoms with E-state index in [4.69, 9.17) is 0 Å². The van der Waals surface area contributed by atoms with Crippen molar-refractivity contribution in [1.29, 1.82) is 0 Å². The zero-order valence-corrected chi connectivity index (χ0v) is 8.85. The van der Waals surface area contributed by atoms with E-state index in [-0.39, 0.29) is 0 Å². The lowest BCUT2D eigenvalue weighted by molar-refractivity contribution is -0.400. The fourth-order valence-corrected chi connectivity index (χ4v) is 1.31. The van der Waals surface area contributed by atoms with Crippen molar-refractivity contribution in [1.82, 2.24) is 0 Å². The molecule has 0 fully saturated rings. The zero-order chi connectivity index (χ0) is 15.9. The van der Waals surface area contributed by atoms with Crippen LogP contribution in [0.2, 0.25) is 0 Å². The summed E-state index contributed by atoms with van der Waals surface area (Å²) in [5, 5.41) is 0. The molecule has 0 amide bonds. The molecule has 0 unspecified atom stereocenters. The van der Waals surface area contributed by atoms with Crippen LogP contribution in [0.1, 0.15) is 0 Å². The maximum absolute atomic E-state index is 12.2. The van der Waals surface area contributed by atoms with Crippen molar-refractivity contribution in [3.63, 3.8) is 0 Å². The molecular weight excluding hydrogens is 336 g/mol. The Morgan fingerprint density at radius 2 is 0.737 bits per heavy atom. The third-order valence-corrected chi connectivity index (χ3v) is 2.14. The largest absolute Gasteiger partial charge is 0.770 e. The first-order valence-corrected chi connectivity index (χ1v) is 5.16. The molecule has 0 aliphatic rings. The van der Waals surface area contributed by atoms with Gasteiger partial charge in [-0.2, -0.15) is 43.9 Å². The summed E-state index contributed by atoms with van der Waals surface area (Å²) < 4.78 is 144. The summed E-state index contributed by atoms with van der Waals surface area (Å²) >= 11 is 0. The van der Waals surface area contributed by atoms with E-state index in [1.807, 2.05) is 0 Å². The molecule has 0 aliphatic heterocycles. The quantitative estimate of drug-likeness (QED) is 0.443. The van der Waals surface area contributed by atoms with Gasteiger partial charge in [0.25, 0.3) is 0 Å². The van der Waals surface area contributed by atoms with Gasteiger partial charge in [0.15, 0.2) is 0 Å². The molecule has 19 heavy (non-hydrogen) atoms. The Morgan fingerprint density at radius 1 is 0.526 bits per heavy atom. The lowest BCUT2D eigenvalue weighted by atomic mass is 10.6. The van der Waals surface area contributed by atoms with E-state index in [1.54, 1.807) is 8.85 Å². The summed E-state index contributed by atoms with van der Waals surface area (Å²) in [4.78, 5) is 0. The van der Waals surface area contributed by atoms with Gasteiger partial charge in [0.2, 0.25) is 0 Å². The van der Waals surface area contributed by atoms with Gasteiger partial charge >= 0.3 is 33.8 Å². The van der Waals surface area contributed by atoms with Crippen molar-refractivity contribution in [2.45, 2.75) is 24.6 Å². The third kappa shape index (κ3) is 4.72. The van der Waals surface area contributed by atoms with Crippen molar-refractivity contribution in [2.75, 3.05) is 0 Å². The minimum atomic E-state index is -8.13. The normalized spacial score (nSPS) is 15.8. The van der Waals surface area contributed by atoms with E-state index in [2.05, 4.69) is 0 Å². The van der Waals surface area contributed by atoms with Crippen LogP contribution in [0.25, 0.3) is 0 Å². The Kier molecular flexibility index (Phi) is 4.52. The van der Waals surface area contributed by atoms with Crippen LogP contribution < -0.4 is 0 Å². The summed E-state index contributed by atoms with van der Waals surface area (Å²) in [6.45, 7) is 0. The Hall–Kier alpha value is -0.703. The first-order valence-electron chi connectivity index (χ1n) is 3.58. The fraction of sp³-hybridized carbons (Fsp3) is 1.00. The van der Waals surface area contributed by atoms with Crippen LogP contribution in [0.15, 0.2) is 0 Å². The number of hydrogen-bond donors (Lipinski definition) is 0. The maximum atomic E-state index is 12.2. The van der Waals surface area contributed by atoms with Crippen LogP contribution in [-0.2, 0) is 8.85 Å². The molecule has 0 aromatic heterocycles. The van der Waals surface area contributed by atoms with Gasteiger partial charge in [-0.1, -0.05) is 0 Å². The second-order valence-electron chi connectivity index (χ2n) is 2.70. The van der Waals surface area contributed by atoms with Gasteiger partial charge < -0.3 is 0 Å². The van der Waals surface area contributed by atoms with Crippen molar-refractivity contribution in [3.05, 3.63) is 0 Å². The Morgan fingerprint density at radius 3 is 0.895 bits per heavy atom. The first kappa shape index (κ1) is 18.3. The average molecular weight is 336 g/mol. The molecule has 0 heterocycles. The lowest BCUT2D eigenvalue weighted by Gasteiger charge is -2.26. The van der Waals surface area contributed by atoms with E-state index in [1.165, 1.54) is 0 Å². The van der Waals surface area contributed by atoms with E-state index in [0.717, 1.165) is 0 Å². The van der Waals surface area contributed by atoms with Gasteiger partial charge in [-0.25, -0.2) is 8.22 Å². The Bertz CT molecular complexity index is 287. The second kappa shape index (κ2) is 4.69. The summed E-state index contributed by atoms with van der Waals surface area (Å²) in [5.74, 6) is 0. The average Bonchev–Trinajstić information content (AvgIpc) is 1.93. The molecule has 0 bridgehead atoms. The molecule has 0 atom stereocenters. The Labute approximate surface area is 96.0 Å². The van der Waals surface area contributed by atoms with Gasteiger partial charge in [-0.3, -0.25) is 8.85 Å². The minimum absolute atomic E-state index is 1.67. The fourth-order valence-electron chi connectivity index (χ4n) is 0.435. The summed E-state index contributed by atoms with van der Waals surface area (Å²) in [6, 6.07) is 0. The standard InChI is InChI=1S/C4F12O2Si/c5-1(6,7)3(11,12)17-19(15,16)18-4(13,14)2(8,9)10. The molecule has 0 radical (unpaired) electrons. The third-order valence-electron chi connectivity index (χ3n) is 1.15. The molecule has 116 valence electrons. The predicted molar refractivity (Wildman–Crippen MR) is 32.1 cm³/mol. The molecule has 0 saturated heterocycles. The first-order chi connectivity index (χ1) is 7.91. The van der Waals surface area contributed by atoms with Crippen LogP contribution in [0.4, 0.5) is 52.1 Å². The van der Waals surface area contributed by atoms with Crippen molar-refractivity contribution in [2.24, 2.45) is 0 Å². The van der Waals surface area contributed by atoms with E-state index < -0.39 is 33.8 Å². The maximum Gasteiger partial charge on any atom is 0.770 e. The summed E-state index contributed by atoms with van der Waals surface area (Å²) in [6.07, 6.45) is -26.8. The van der Waals surface area contributed by atoms with Gasteiger partial charge in [-0.15, -0.1) is 0 Å². The molecule has 0 N–H and O–H groups in total. The van der Waals surface area contributed by atoms with Gasteiger partial charge in [0.05, 0.1) is 0 Å². The minimum Gasteiger partial charge on any atom is -0.277 e. The SMILES string of the molecule is FC(F)(F)C(F)(F)O[Si](F)(F)OC(F)(F)C(F)(F)F. The van der Waals surface area contributed by atoms with Crippen LogP contribution in [0.5, 0.6) is 0 Å². The van der Waals surface area contributed by atoms with Crippen molar-refractivity contribution >= 4 is 9.23 Å². The number of hydrogen-bond acceptors (Lipinski definition) is 2. The molecule has 2 nitrogen and oxygen atoms in total. The van der Waals surface area contributed by atoms with Crippen LogP contribution in [-0.4, -0.2) is 33.8 Å². The van der Waals surface area contributed by atoms with Crippen molar-refractivity contribution < 1.29 is 61.0 Å². The lowest BCUT2D eigenvalue weighted by Crippen LogP contribution is -2.54. The highest BCUT2D eigenvalue weighted by Crippen LogP contribution is 2.43. The van der Waals surface area contributed by atoms with E-state index in [0.29, 0.717) is 0 Å². The summed E-state index contributed by atoms with van der Waals surface area (Å²) in [7, 11) is -8.13. The molecule has 15 heteroatoms. The Balaban J connectivity index is 5.03. The second-order valence-corrected chi connectivity index (χ2v) is 4.03. The molecule has 0 saturated carbocycles. The van der Waals surface area contributed by atoms with E-state index in [9.17, 15) is 52.1 Å². The number of halogens is 12. The highest BCUT2D eigenvalue weighted by Gasteiger charge is 2.72. The molecule has 0 aromatic rings. The van der Waals surface area contributed by atoms with Gasteiger partial charge in [-0.05, 0) is 0 Å². The monoisotopic (exact) mass is 336 g/mol. The highest BCUT2D eigenvalue weighted by molar-refractivity contribution is 6.52. The number of rotatable bonds is 4. The van der Waals surface area contributed by atoms with Crippen LogP contribution in [0, 0.1) is 0 Å². The topological polar surface area (TPSA) is 18.5 Å². The van der Waals surface area contributed by atoms with Crippen molar-refractivity contribution in [3.8, 4) is 0 Å². The highest BCUT2D eigenvalue weighted by atomic mass is 28.5. The van der Waals surface area contributed by atoms with Crippen LogP contribution >= 0.6 is 0 Å². The number of alkyl halides is 10. The van der Waals surface area contributed by atoms with Crippen LogP contribution in [0.3, 0.4) is 0 Å². The van der Waals surface area contributed by atoms with Gasteiger partial charge in [0.1, 0.15) is 0 Å². The van der Waals surface area contributed by atoms with E-state index >= 15 is 0 Å². The molecule has 0 spiro atoms. The zero-order valence-electron chi connectivity index (χ0n) is 7.85. The summed E-state index contributed by atoms with van der Waals surface area (Å²) in [5.41, 5.74) is 0. The smallest absolute Gasteiger partial charge is 0.277 e. The molecule has 0 aliphatic carbocycles.